The normalized spacial score (nSPS) is 9.00. The molecular weight excluding hydrogens is 235 g/mol. The fourth-order valence-electron chi connectivity index (χ4n) is 1.09. The van der Waals surface area contributed by atoms with E-state index in [0.717, 1.165) is 0 Å². The van der Waals surface area contributed by atoms with Gasteiger partial charge in [-0.2, -0.15) is 4.98 Å². The van der Waals surface area contributed by atoms with Crippen LogP contribution >= 0.6 is 24.4 Å². The number of hydrogen-bond acceptors (Lipinski definition) is 4. The summed E-state index contributed by atoms with van der Waals surface area (Å²) >= 11 is 9.92. The van der Waals surface area contributed by atoms with Crippen molar-refractivity contribution in [3.8, 4) is 0 Å². The van der Waals surface area contributed by atoms with E-state index >= 15 is 0 Å². The SMILES string of the molecule is C=CCN(CC=C)c1nc(=S)[nH]c(=S)[nH]1.[Li+]. The van der Waals surface area contributed by atoms with Crippen LogP contribution in [0.15, 0.2) is 25.3 Å². The van der Waals surface area contributed by atoms with Gasteiger partial charge in [-0.05, 0) is 24.4 Å². The van der Waals surface area contributed by atoms with E-state index in [1.807, 2.05) is 4.90 Å². The Morgan fingerprint density at radius 1 is 1.19 bits per heavy atom. The summed E-state index contributed by atoms with van der Waals surface area (Å²) in [5.74, 6) is 0.628. The molecule has 2 N–H and O–H groups in total. The topological polar surface area (TPSA) is 47.7 Å². The number of aromatic nitrogens is 3. The molecule has 1 rings (SSSR count). The zero-order valence-electron chi connectivity index (χ0n) is 9.19. The van der Waals surface area contributed by atoms with Crippen molar-refractivity contribution in [3.63, 3.8) is 0 Å². The zero-order chi connectivity index (χ0) is 11.3. The van der Waals surface area contributed by atoms with Crippen LogP contribution in [-0.4, -0.2) is 28.0 Å². The van der Waals surface area contributed by atoms with Crippen LogP contribution in [0.4, 0.5) is 5.95 Å². The van der Waals surface area contributed by atoms with Gasteiger partial charge in [0, 0.05) is 13.1 Å². The smallest absolute Gasteiger partial charge is 0.335 e. The minimum Gasteiger partial charge on any atom is -0.335 e. The van der Waals surface area contributed by atoms with Crippen molar-refractivity contribution in [3.05, 3.63) is 34.9 Å². The second-order valence-electron chi connectivity index (χ2n) is 2.80. The third kappa shape index (κ3) is 4.45. The van der Waals surface area contributed by atoms with Crippen LogP contribution in [-0.2, 0) is 0 Å². The molecule has 0 atom stereocenters. The van der Waals surface area contributed by atoms with Crippen LogP contribution in [0.2, 0.25) is 0 Å². The molecule has 0 aliphatic heterocycles. The van der Waals surface area contributed by atoms with E-state index in [0.29, 0.717) is 28.6 Å². The maximum Gasteiger partial charge on any atom is 1.00 e. The number of aromatic amines is 2. The third-order valence-electron chi connectivity index (χ3n) is 1.65. The first-order valence-corrected chi connectivity index (χ1v) is 5.16. The van der Waals surface area contributed by atoms with E-state index in [1.165, 1.54) is 0 Å². The Bertz CT molecular complexity index is 427. The Labute approximate surface area is 117 Å². The van der Waals surface area contributed by atoms with E-state index in [4.69, 9.17) is 24.4 Å². The molecule has 1 aromatic heterocycles. The molecule has 0 aliphatic rings. The zero-order valence-corrected chi connectivity index (χ0v) is 10.8. The summed E-state index contributed by atoms with van der Waals surface area (Å²) in [6.07, 6.45) is 3.56. The van der Waals surface area contributed by atoms with Gasteiger partial charge in [0.2, 0.25) is 10.7 Å². The van der Waals surface area contributed by atoms with Gasteiger partial charge in [-0.3, -0.25) is 0 Å². The van der Waals surface area contributed by atoms with Gasteiger partial charge in [0.15, 0.2) is 4.77 Å². The van der Waals surface area contributed by atoms with E-state index in [1.54, 1.807) is 12.2 Å². The summed E-state index contributed by atoms with van der Waals surface area (Å²) in [6.45, 7) is 8.66. The predicted octanol–water partition coefficient (Wildman–Crippen LogP) is -0.621. The van der Waals surface area contributed by atoms with Gasteiger partial charge < -0.3 is 14.9 Å². The molecule has 0 unspecified atom stereocenters. The fraction of sp³-hybridized carbons (Fsp3) is 0.222. The summed E-state index contributed by atoms with van der Waals surface area (Å²) in [6, 6.07) is 0. The fourth-order valence-corrected chi connectivity index (χ4v) is 1.53. The van der Waals surface area contributed by atoms with Crippen LogP contribution in [0.25, 0.3) is 0 Å². The summed E-state index contributed by atoms with van der Waals surface area (Å²) in [7, 11) is 0. The minimum atomic E-state index is 0. The molecule has 16 heavy (non-hydrogen) atoms. The minimum absolute atomic E-state index is 0. The van der Waals surface area contributed by atoms with Crippen molar-refractivity contribution < 1.29 is 18.9 Å². The average Bonchev–Trinajstić information content (AvgIpc) is 2.16. The largest absolute Gasteiger partial charge is 1.00 e. The Morgan fingerprint density at radius 3 is 2.19 bits per heavy atom. The van der Waals surface area contributed by atoms with Gasteiger partial charge in [0.25, 0.3) is 0 Å². The summed E-state index contributed by atoms with van der Waals surface area (Å²) < 4.78 is 0.829. The number of rotatable bonds is 5. The molecule has 0 spiro atoms. The van der Waals surface area contributed by atoms with Crippen LogP contribution in [0.3, 0.4) is 0 Å². The molecule has 1 aromatic rings. The van der Waals surface area contributed by atoms with Crippen molar-refractivity contribution in [1.29, 1.82) is 0 Å². The van der Waals surface area contributed by atoms with Gasteiger partial charge in [-0.15, -0.1) is 13.2 Å². The molecule has 0 saturated heterocycles. The number of anilines is 1. The maximum absolute atomic E-state index is 4.98. The summed E-state index contributed by atoms with van der Waals surface area (Å²) in [5.41, 5.74) is 0. The molecule has 0 amide bonds. The molecule has 0 aromatic carbocycles. The van der Waals surface area contributed by atoms with Crippen molar-refractivity contribution in [2.75, 3.05) is 18.0 Å². The number of hydrogen-bond donors (Lipinski definition) is 2. The van der Waals surface area contributed by atoms with Crippen LogP contribution in [0.1, 0.15) is 0 Å². The van der Waals surface area contributed by atoms with Crippen LogP contribution in [0.5, 0.6) is 0 Å². The van der Waals surface area contributed by atoms with Gasteiger partial charge in [0.05, 0.1) is 0 Å². The molecule has 1 heterocycles. The first kappa shape index (κ1) is 15.3. The summed E-state index contributed by atoms with van der Waals surface area (Å²) in [4.78, 5) is 11.7. The third-order valence-corrected chi connectivity index (χ3v) is 2.05. The number of nitrogens with one attached hydrogen (secondary N) is 2. The maximum atomic E-state index is 4.98. The first-order chi connectivity index (χ1) is 7.17. The van der Waals surface area contributed by atoms with E-state index in [-0.39, 0.29) is 18.9 Å². The van der Waals surface area contributed by atoms with Crippen molar-refractivity contribution in [2.45, 2.75) is 0 Å². The van der Waals surface area contributed by atoms with Crippen molar-refractivity contribution in [2.24, 2.45) is 0 Å². The van der Waals surface area contributed by atoms with Gasteiger partial charge in [-0.25, -0.2) is 0 Å². The average molecular weight is 247 g/mol. The second kappa shape index (κ2) is 7.58. The Kier molecular flexibility index (Phi) is 7.26. The quantitative estimate of drug-likeness (QED) is 0.413. The van der Waals surface area contributed by atoms with Crippen LogP contribution in [0, 0.1) is 9.54 Å². The first-order valence-electron chi connectivity index (χ1n) is 4.34. The molecule has 80 valence electrons. The second-order valence-corrected chi connectivity index (χ2v) is 3.60. The van der Waals surface area contributed by atoms with Gasteiger partial charge in [0.1, 0.15) is 0 Å². The van der Waals surface area contributed by atoms with Crippen LogP contribution < -0.4 is 23.8 Å². The van der Waals surface area contributed by atoms with Gasteiger partial charge in [-0.1, -0.05) is 12.2 Å². The Balaban J connectivity index is 0.00000225. The van der Waals surface area contributed by atoms with E-state index < -0.39 is 0 Å². The number of H-pyrrole nitrogens is 2. The number of nitrogens with zero attached hydrogens (tertiary/aromatic N) is 2. The Hall–Kier alpha value is -0.673. The Morgan fingerprint density at radius 2 is 1.75 bits per heavy atom. The molecule has 0 radical (unpaired) electrons. The standard InChI is InChI=1S/C9H12N4S2.Li/c1-3-5-13(6-4-2)7-10-8(14)12-9(15)11-7;/h3-4H,1-2,5-6H2,(H2,10,11,12,14,15);/q;+1. The molecular formula is C9H12LiN4S2+. The van der Waals surface area contributed by atoms with E-state index in [2.05, 4.69) is 28.1 Å². The van der Waals surface area contributed by atoms with Gasteiger partial charge >= 0.3 is 18.9 Å². The predicted molar refractivity (Wildman–Crippen MR) is 67.2 cm³/mol. The monoisotopic (exact) mass is 247 g/mol. The molecule has 0 bridgehead atoms. The van der Waals surface area contributed by atoms with Crippen molar-refractivity contribution >= 4 is 30.4 Å². The van der Waals surface area contributed by atoms with Crippen molar-refractivity contribution in [1.82, 2.24) is 15.0 Å². The molecule has 0 fully saturated rings. The van der Waals surface area contributed by atoms with E-state index in [9.17, 15) is 0 Å². The molecule has 4 nitrogen and oxygen atoms in total. The molecule has 0 aliphatic carbocycles. The molecule has 7 heteroatoms. The molecule has 0 saturated carbocycles. The summed E-state index contributed by atoms with van der Waals surface area (Å²) in [5, 5.41) is 0.